The summed E-state index contributed by atoms with van der Waals surface area (Å²) in [6.07, 6.45) is 3.97. The van der Waals surface area contributed by atoms with Crippen LogP contribution >= 0.6 is 11.8 Å². The molecule has 0 aromatic heterocycles. The lowest BCUT2D eigenvalue weighted by Crippen LogP contribution is -2.31. The van der Waals surface area contributed by atoms with E-state index < -0.39 is 10.0 Å². The van der Waals surface area contributed by atoms with Crippen molar-refractivity contribution in [3.05, 3.63) is 66.7 Å². The highest BCUT2D eigenvalue weighted by Crippen LogP contribution is 2.25. The summed E-state index contributed by atoms with van der Waals surface area (Å²) < 4.78 is 27.3. The zero-order valence-electron chi connectivity index (χ0n) is 17.3. The Hall–Kier alpha value is -2.35. The van der Waals surface area contributed by atoms with E-state index in [-0.39, 0.29) is 16.6 Å². The normalized spacial score (nSPS) is 15.5. The van der Waals surface area contributed by atoms with Gasteiger partial charge in [0.15, 0.2) is 0 Å². The molecule has 3 aromatic rings. The molecule has 1 heterocycles. The van der Waals surface area contributed by atoms with E-state index in [2.05, 4.69) is 29.6 Å². The largest absolute Gasteiger partial charge is 0.325 e. The summed E-state index contributed by atoms with van der Waals surface area (Å²) >= 11 is 1.48. The van der Waals surface area contributed by atoms with E-state index in [0.717, 1.165) is 36.0 Å². The number of nitrogens with zero attached hydrogens (tertiary/aromatic N) is 1. The van der Waals surface area contributed by atoms with E-state index in [1.807, 2.05) is 18.2 Å². The van der Waals surface area contributed by atoms with Crippen molar-refractivity contribution in [1.82, 2.24) is 4.31 Å². The van der Waals surface area contributed by atoms with Crippen LogP contribution in [0.15, 0.2) is 76.5 Å². The van der Waals surface area contributed by atoms with E-state index in [1.165, 1.54) is 17.1 Å². The van der Waals surface area contributed by atoms with Crippen LogP contribution in [0.3, 0.4) is 0 Å². The minimum Gasteiger partial charge on any atom is -0.325 e. The van der Waals surface area contributed by atoms with Crippen LogP contribution in [0.1, 0.15) is 25.7 Å². The topological polar surface area (TPSA) is 66.5 Å². The summed E-state index contributed by atoms with van der Waals surface area (Å²) in [7, 11) is -3.48. The second kappa shape index (κ2) is 9.85. The Kier molecular flexibility index (Phi) is 6.95. The molecule has 1 fully saturated rings. The van der Waals surface area contributed by atoms with Gasteiger partial charge in [0.25, 0.3) is 0 Å². The van der Waals surface area contributed by atoms with Gasteiger partial charge in [0.2, 0.25) is 15.9 Å². The van der Waals surface area contributed by atoms with Crippen molar-refractivity contribution in [2.45, 2.75) is 35.5 Å². The highest BCUT2D eigenvalue weighted by Gasteiger charge is 2.24. The minimum atomic E-state index is -3.48. The fourth-order valence-corrected chi connectivity index (χ4v) is 6.01. The number of carbonyl (C=O) groups is 1. The molecule has 162 valence electrons. The van der Waals surface area contributed by atoms with Crippen LogP contribution in [0.4, 0.5) is 5.69 Å². The number of carbonyl (C=O) groups excluding carboxylic acids is 1. The molecule has 7 heteroatoms. The predicted octanol–water partition coefficient (Wildman–Crippen LogP) is 5.14. The zero-order valence-corrected chi connectivity index (χ0v) is 18.9. The third-order valence-corrected chi connectivity index (χ3v) is 8.34. The summed E-state index contributed by atoms with van der Waals surface area (Å²) in [6, 6.07) is 20.7. The van der Waals surface area contributed by atoms with E-state index in [0.29, 0.717) is 18.8 Å². The SMILES string of the molecule is O=C(CSc1ccc2ccccc2c1)Nc1ccc(S(=O)(=O)N2CCCCCC2)cc1. The molecule has 0 aliphatic carbocycles. The van der Waals surface area contributed by atoms with Gasteiger partial charge < -0.3 is 5.32 Å². The van der Waals surface area contributed by atoms with Crippen LogP contribution in [0, 0.1) is 0 Å². The van der Waals surface area contributed by atoms with Crippen LogP contribution in [0.2, 0.25) is 0 Å². The molecule has 0 atom stereocenters. The smallest absolute Gasteiger partial charge is 0.243 e. The van der Waals surface area contributed by atoms with E-state index in [1.54, 1.807) is 28.6 Å². The Morgan fingerprint density at radius 1 is 0.871 bits per heavy atom. The van der Waals surface area contributed by atoms with Gasteiger partial charge in [-0.05, 0) is 60.0 Å². The summed E-state index contributed by atoms with van der Waals surface area (Å²) in [5.41, 5.74) is 0.596. The van der Waals surface area contributed by atoms with Crippen LogP contribution in [0.5, 0.6) is 0 Å². The molecule has 1 saturated heterocycles. The molecule has 0 spiro atoms. The Balaban J connectivity index is 1.35. The number of sulfonamides is 1. The highest BCUT2D eigenvalue weighted by atomic mass is 32.2. The van der Waals surface area contributed by atoms with Gasteiger partial charge in [0, 0.05) is 23.7 Å². The third-order valence-electron chi connectivity index (χ3n) is 5.43. The first-order valence-electron chi connectivity index (χ1n) is 10.5. The standard InChI is InChI=1S/C24H26N2O3S2/c27-24(18-30-22-12-9-19-7-3-4-8-20(19)17-22)25-21-10-13-23(14-11-21)31(28,29)26-15-5-1-2-6-16-26/h3-4,7-14,17H,1-2,5-6,15-16,18H2,(H,25,27). The fourth-order valence-electron chi connectivity index (χ4n) is 3.74. The Labute approximate surface area is 187 Å². The van der Waals surface area contributed by atoms with Gasteiger partial charge >= 0.3 is 0 Å². The molecule has 3 aromatic carbocycles. The van der Waals surface area contributed by atoms with Crippen molar-refractivity contribution in [2.75, 3.05) is 24.2 Å². The van der Waals surface area contributed by atoms with Gasteiger partial charge in [-0.1, -0.05) is 43.2 Å². The monoisotopic (exact) mass is 454 g/mol. The predicted molar refractivity (Wildman–Crippen MR) is 127 cm³/mol. The fraction of sp³-hybridized carbons (Fsp3) is 0.292. The molecule has 5 nitrogen and oxygen atoms in total. The van der Waals surface area contributed by atoms with Crippen LogP contribution in [-0.2, 0) is 14.8 Å². The van der Waals surface area contributed by atoms with Crippen molar-refractivity contribution in [3.63, 3.8) is 0 Å². The molecule has 1 aliphatic heterocycles. The molecule has 1 amide bonds. The number of anilines is 1. The van der Waals surface area contributed by atoms with E-state index in [9.17, 15) is 13.2 Å². The second-order valence-corrected chi connectivity index (χ2v) is 10.7. The molecule has 31 heavy (non-hydrogen) atoms. The number of hydrogen-bond acceptors (Lipinski definition) is 4. The summed E-state index contributed by atoms with van der Waals surface area (Å²) in [5.74, 6) is 0.160. The number of rotatable bonds is 6. The molecule has 0 saturated carbocycles. The number of benzene rings is 3. The maximum atomic E-state index is 12.9. The minimum absolute atomic E-state index is 0.124. The molecule has 0 unspecified atom stereocenters. The zero-order chi connectivity index (χ0) is 21.7. The Bertz CT molecular complexity index is 1150. The lowest BCUT2D eigenvalue weighted by molar-refractivity contribution is -0.113. The Morgan fingerprint density at radius 2 is 1.55 bits per heavy atom. The van der Waals surface area contributed by atoms with Crippen LogP contribution in [0.25, 0.3) is 10.8 Å². The quantitative estimate of drug-likeness (QED) is 0.524. The molecule has 4 rings (SSSR count). The van der Waals surface area contributed by atoms with Crippen molar-refractivity contribution in [2.24, 2.45) is 0 Å². The number of nitrogens with one attached hydrogen (secondary N) is 1. The molecule has 0 bridgehead atoms. The highest BCUT2D eigenvalue weighted by molar-refractivity contribution is 8.00. The second-order valence-electron chi connectivity index (χ2n) is 7.69. The van der Waals surface area contributed by atoms with E-state index in [4.69, 9.17) is 0 Å². The number of hydrogen-bond donors (Lipinski definition) is 1. The van der Waals surface area contributed by atoms with Crippen LogP contribution < -0.4 is 5.32 Å². The van der Waals surface area contributed by atoms with Gasteiger partial charge in [-0.3, -0.25) is 4.79 Å². The van der Waals surface area contributed by atoms with Gasteiger partial charge in [-0.2, -0.15) is 4.31 Å². The first-order valence-corrected chi connectivity index (χ1v) is 13.0. The van der Waals surface area contributed by atoms with Gasteiger partial charge in [0.05, 0.1) is 10.6 Å². The van der Waals surface area contributed by atoms with Crippen molar-refractivity contribution in [3.8, 4) is 0 Å². The van der Waals surface area contributed by atoms with Gasteiger partial charge in [-0.15, -0.1) is 11.8 Å². The average molecular weight is 455 g/mol. The van der Waals surface area contributed by atoms with Crippen molar-refractivity contribution >= 4 is 44.2 Å². The number of amides is 1. The van der Waals surface area contributed by atoms with Crippen molar-refractivity contribution in [1.29, 1.82) is 0 Å². The first-order chi connectivity index (χ1) is 15.0. The number of thioether (sulfide) groups is 1. The average Bonchev–Trinajstić information content (AvgIpc) is 3.08. The van der Waals surface area contributed by atoms with E-state index >= 15 is 0 Å². The lowest BCUT2D eigenvalue weighted by Gasteiger charge is -2.20. The third kappa shape index (κ3) is 5.47. The van der Waals surface area contributed by atoms with Gasteiger partial charge in [0.1, 0.15) is 0 Å². The summed E-state index contributed by atoms with van der Waals surface area (Å²) in [5, 5.41) is 5.17. The molecular formula is C24H26N2O3S2. The Morgan fingerprint density at radius 3 is 2.26 bits per heavy atom. The maximum Gasteiger partial charge on any atom is 0.243 e. The molecular weight excluding hydrogens is 428 g/mol. The first kappa shape index (κ1) is 21.9. The van der Waals surface area contributed by atoms with Crippen molar-refractivity contribution < 1.29 is 13.2 Å². The summed E-state index contributed by atoms with van der Waals surface area (Å²) in [6.45, 7) is 1.15. The molecule has 1 N–H and O–H groups in total. The van der Waals surface area contributed by atoms with Crippen LogP contribution in [-0.4, -0.2) is 37.5 Å². The maximum absolute atomic E-state index is 12.9. The molecule has 0 radical (unpaired) electrons. The number of fused-ring (bicyclic) bond motifs is 1. The van der Waals surface area contributed by atoms with Gasteiger partial charge in [-0.25, -0.2) is 8.42 Å². The lowest BCUT2D eigenvalue weighted by atomic mass is 10.1. The summed E-state index contributed by atoms with van der Waals surface area (Å²) in [4.78, 5) is 13.7. The molecule has 1 aliphatic rings.